The van der Waals surface area contributed by atoms with Crippen molar-refractivity contribution in [2.24, 2.45) is 5.92 Å². The molecule has 1 rings (SSSR count). The molecule has 0 aromatic heterocycles. The maximum atomic E-state index is 11.6. The van der Waals surface area contributed by atoms with E-state index < -0.39 is 23.7 Å². The zero-order chi connectivity index (χ0) is 14.5. The quantitative estimate of drug-likeness (QED) is 0.831. The minimum Gasteiger partial charge on any atom is -0.480 e. The van der Waals surface area contributed by atoms with Gasteiger partial charge in [0.25, 0.3) is 0 Å². The second kappa shape index (κ2) is 7.03. The van der Waals surface area contributed by atoms with Crippen molar-refractivity contribution in [3.05, 3.63) is 0 Å². The van der Waals surface area contributed by atoms with E-state index in [1.807, 2.05) is 11.8 Å². The van der Waals surface area contributed by atoms with Crippen molar-refractivity contribution >= 4 is 23.8 Å². The van der Waals surface area contributed by atoms with Gasteiger partial charge < -0.3 is 15.2 Å². The SMILES string of the molecule is CC(C)(C)OC(=O)N[C@@H](CC1CCSCC1)C(=O)O. The molecule has 0 aromatic carbocycles. The van der Waals surface area contributed by atoms with Crippen LogP contribution in [0.5, 0.6) is 0 Å². The summed E-state index contributed by atoms with van der Waals surface area (Å²) in [5.74, 6) is 1.52. The summed E-state index contributed by atoms with van der Waals surface area (Å²) in [6.07, 6.45) is 1.86. The van der Waals surface area contributed by atoms with Crippen molar-refractivity contribution in [2.45, 2.75) is 51.7 Å². The second-order valence-corrected chi connectivity index (χ2v) is 7.05. The third-order valence-corrected chi connectivity index (χ3v) is 3.95. The summed E-state index contributed by atoms with van der Waals surface area (Å²) >= 11 is 1.90. The number of aliphatic carboxylic acids is 1. The van der Waals surface area contributed by atoms with E-state index in [0.717, 1.165) is 24.3 Å². The van der Waals surface area contributed by atoms with Gasteiger partial charge in [0.1, 0.15) is 11.6 Å². The van der Waals surface area contributed by atoms with Gasteiger partial charge >= 0.3 is 12.1 Å². The van der Waals surface area contributed by atoms with Gasteiger partial charge in [-0.25, -0.2) is 9.59 Å². The Morgan fingerprint density at radius 3 is 2.42 bits per heavy atom. The lowest BCUT2D eigenvalue weighted by atomic mass is 9.94. The molecule has 0 aromatic rings. The number of carbonyl (C=O) groups is 2. The molecule has 1 amide bonds. The first-order chi connectivity index (χ1) is 8.78. The zero-order valence-corrected chi connectivity index (χ0v) is 12.6. The number of rotatable bonds is 4. The van der Waals surface area contributed by atoms with Crippen molar-refractivity contribution in [3.8, 4) is 0 Å². The topological polar surface area (TPSA) is 75.6 Å². The molecule has 0 bridgehead atoms. The van der Waals surface area contributed by atoms with Crippen LogP contribution in [0.2, 0.25) is 0 Å². The average Bonchev–Trinajstić information content (AvgIpc) is 2.26. The predicted molar refractivity (Wildman–Crippen MR) is 75.5 cm³/mol. The minimum absolute atomic E-state index is 0.372. The summed E-state index contributed by atoms with van der Waals surface area (Å²) < 4.78 is 5.09. The largest absolute Gasteiger partial charge is 0.480 e. The summed E-state index contributed by atoms with van der Waals surface area (Å²) in [5.41, 5.74) is -0.616. The standard InChI is InChI=1S/C13H23NO4S/c1-13(2,3)18-12(17)14-10(11(15)16)8-9-4-6-19-7-5-9/h9-10H,4-8H2,1-3H3,(H,14,17)(H,15,16)/t10-/m0/s1. The molecule has 0 saturated carbocycles. The molecule has 0 aliphatic carbocycles. The molecule has 19 heavy (non-hydrogen) atoms. The summed E-state index contributed by atoms with van der Waals surface area (Å²) in [4.78, 5) is 22.8. The van der Waals surface area contributed by atoms with Gasteiger partial charge in [0.2, 0.25) is 0 Å². The number of hydrogen-bond acceptors (Lipinski definition) is 4. The van der Waals surface area contributed by atoms with Crippen LogP contribution < -0.4 is 5.32 Å². The van der Waals surface area contributed by atoms with Gasteiger partial charge in [0.15, 0.2) is 0 Å². The number of thioether (sulfide) groups is 1. The fraction of sp³-hybridized carbons (Fsp3) is 0.846. The number of carboxylic acids is 1. The van der Waals surface area contributed by atoms with Crippen molar-refractivity contribution in [1.82, 2.24) is 5.32 Å². The smallest absolute Gasteiger partial charge is 0.408 e. The number of ether oxygens (including phenoxy) is 1. The van der Waals surface area contributed by atoms with Crippen molar-refractivity contribution in [3.63, 3.8) is 0 Å². The van der Waals surface area contributed by atoms with Crippen LogP contribution in [0, 0.1) is 5.92 Å². The lowest BCUT2D eigenvalue weighted by molar-refractivity contribution is -0.140. The molecular formula is C13H23NO4S. The number of carbonyl (C=O) groups excluding carboxylic acids is 1. The van der Waals surface area contributed by atoms with Gasteiger partial charge in [-0.05, 0) is 57.5 Å². The Bertz CT molecular complexity index is 321. The van der Waals surface area contributed by atoms with Gasteiger partial charge in [-0.3, -0.25) is 0 Å². The van der Waals surface area contributed by atoms with E-state index in [4.69, 9.17) is 4.74 Å². The molecule has 1 atom stereocenters. The van der Waals surface area contributed by atoms with Gasteiger partial charge in [-0.1, -0.05) is 0 Å². The summed E-state index contributed by atoms with van der Waals surface area (Å²) in [6, 6.07) is -0.858. The molecular weight excluding hydrogens is 266 g/mol. The molecule has 1 aliphatic heterocycles. The summed E-state index contributed by atoms with van der Waals surface area (Å²) in [5, 5.41) is 11.6. The predicted octanol–water partition coefficient (Wildman–Crippen LogP) is 2.50. The van der Waals surface area contributed by atoms with Crippen LogP contribution in [-0.4, -0.2) is 40.3 Å². The monoisotopic (exact) mass is 289 g/mol. The Balaban J connectivity index is 2.48. The normalized spacial score (nSPS) is 18.7. The first-order valence-electron chi connectivity index (χ1n) is 6.58. The Morgan fingerprint density at radius 1 is 1.37 bits per heavy atom. The zero-order valence-electron chi connectivity index (χ0n) is 11.8. The van der Waals surface area contributed by atoms with E-state index in [1.165, 1.54) is 0 Å². The van der Waals surface area contributed by atoms with Crippen LogP contribution in [0.4, 0.5) is 4.79 Å². The maximum absolute atomic E-state index is 11.6. The van der Waals surface area contributed by atoms with E-state index in [0.29, 0.717) is 12.3 Å². The van der Waals surface area contributed by atoms with E-state index >= 15 is 0 Å². The van der Waals surface area contributed by atoms with E-state index in [9.17, 15) is 14.7 Å². The highest BCUT2D eigenvalue weighted by atomic mass is 32.2. The molecule has 6 heteroatoms. The molecule has 0 spiro atoms. The maximum Gasteiger partial charge on any atom is 0.408 e. The number of hydrogen-bond donors (Lipinski definition) is 2. The van der Waals surface area contributed by atoms with E-state index in [-0.39, 0.29) is 0 Å². The molecule has 1 aliphatic rings. The lowest BCUT2D eigenvalue weighted by Gasteiger charge is -2.26. The number of carboxylic acid groups (broad SMARTS) is 1. The van der Waals surface area contributed by atoms with Crippen LogP contribution >= 0.6 is 11.8 Å². The molecule has 1 fully saturated rings. The van der Waals surface area contributed by atoms with Crippen molar-refractivity contribution < 1.29 is 19.4 Å². The second-order valence-electron chi connectivity index (χ2n) is 5.83. The van der Waals surface area contributed by atoms with Crippen LogP contribution in [0.15, 0.2) is 0 Å². The number of alkyl carbamates (subject to hydrolysis) is 1. The highest BCUT2D eigenvalue weighted by Crippen LogP contribution is 2.26. The average molecular weight is 289 g/mol. The molecule has 0 unspecified atom stereocenters. The fourth-order valence-electron chi connectivity index (χ4n) is 1.99. The third kappa shape index (κ3) is 6.71. The van der Waals surface area contributed by atoms with Gasteiger partial charge in [-0.15, -0.1) is 0 Å². The Hall–Kier alpha value is -0.910. The fourth-order valence-corrected chi connectivity index (χ4v) is 3.19. The molecule has 110 valence electrons. The minimum atomic E-state index is -0.996. The molecule has 1 saturated heterocycles. The Morgan fingerprint density at radius 2 is 1.95 bits per heavy atom. The Kier molecular flexibility index (Phi) is 5.97. The number of amides is 1. The van der Waals surface area contributed by atoms with Crippen LogP contribution in [0.1, 0.15) is 40.0 Å². The number of nitrogens with one attached hydrogen (secondary N) is 1. The highest BCUT2D eigenvalue weighted by Gasteiger charge is 2.27. The molecule has 0 radical (unpaired) electrons. The lowest BCUT2D eigenvalue weighted by Crippen LogP contribution is -2.44. The third-order valence-electron chi connectivity index (χ3n) is 2.90. The van der Waals surface area contributed by atoms with E-state index in [1.54, 1.807) is 20.8 Å². The molecule has 2 N–H and O–H groups in total. The van der Waals surface area contributed by atoms with Crippen molar-refractivity contribution in [2.75, 3.05) is 11.5 Å². The van der Waals surface area contributed by atoms with Crippen LogP contribution in [0.3, 0.4) is 0 Å². The summed E-state index contributed by atoms with van der Waals surface area (Å²) in [7, 11) is 0. The van der Waals surface area contributed by atoms with Crippen LogP contribution in [-0.2, 0) is 9.53 Å². The van der Waals surface area contributed by atoms with Gasteiger partial charge in [0.05, 0.1) is 0 Å². The van der Waals surface area contributed by atoms with Gasteiger partial charge in [-0.2, -0.15) is 11.8 Å². The molecule has 5 nitrogen and oxygen atoms in total. The molecule has 1 heterocycles. The summed E-state index contributed by atoms with van der Waals surface area (Å²) in [6.45, 7) is 5.25. The highest BCUT2D eigenvalue weighted by molar-refractivity contribution is 7.99. The van der Waals surface area contributed by atoms with E-state index in [2.05, 4.69) is 5.32 Å². The first kappa shape index (κ1) is 16.1. The first-order valence-corrected chi connectivity index (χ1v) is 7.73. The van der Waals surface area contributed by atoms with Gasteiger partial charge in [0, 0.05) is 0 Å². The van der Waals surface area contributed by atoms with Crippen molar-refractivity contribution in [1.29, 1.82) is 0 Å². The van der Waals surface area contributed by atoms with Crippen LogP contribution in [0.25, 0.3) is 0 Å². The Labute approximate surface area is 118 Å².